The molecule has 1 aliphatic heterocycles. The van der Waals surface area contributed by atoms with Crippen LogP contribution in [0.15, 0.2) is 103 Å². The summed E-state index contributed by atoms with van der Waals surface area (Å²) in [5.74, 6) is -0.660. The average molecular weight is 439 g/mol. The summed E-state index contributed by atoms with van der Waals surface area (Å²) in [7, 11) is 0. The minimum atomic E-state index is -3.30. The molecule has 0 fully saturated rings. The summed E-state index contributed by atoms with van der Waals surface area (Å²) in [6.45, 7) is 1.82. The predicted octanol–water partition coefficient (Wildman–Crippen LogP) is 4.66. The Morgan fingerprint density at radius 2 is 1.11 bits per heavy atom. The van der Waals surface area contributed by atoms with Crippen LogP contribution in [0.4, 0.5) is 0 Å². The number of cyclic esters (lactones) is 1. The zero-order valence-corrected chi connectivity index (χ0v) is 17.4. The summed E-state index contributed by atoms with van der Waals surface area (Å²) in [6.07, 6.45) is 1.97. The van der Waals surface area contributed by atoms with Crippen LogP contribution in [0.3, 0.4) is 0 Å². The number of esters is 1. The Morgan fingerprint density at radius 3 is 1.41 bits per heavy atom. The van der Waals surface area contributed by atoms with Crippen molar-refractivity contribution < 1.29 is 9.53 Å². The van der Waals surface area contributed by atoms with E-state index in [0.717, 1.165) is 15.9 Å². The summed E-state index contributed by atoms with van der Waals surface area (Å²) < 4.78 is 5.98. The third kappa shape index (κ3) is 2.61. The first kappa shape index (κ1) is 18.2. The fourth-order valence-corrected chi connectivity index (χ4v) is 11.4. The molecule has 0 radical (unpaired) electrons. The molecule has 0 N–H and O–H groups in total. The number of hydrogen-bond donors (Lipinski definition) is 0. The number of ether oxygens (including phenoxy) is 1. The van der Waals surface area contributed by atoms with Crippen LogP contribution in [0.1, 0.15) is 6.92 Å². The average Bonchev–Trinajstić information content (AvgIpc) is 3.09. The topological polar surface area (TPSA) is 26.3 Å². The number of hydrogen-bond acceptors (Lipinski definition) is 2. The molecule has 1 unspecified atom stereocenters. The molecule has 0 aromatic heterocycles. The van der Waals surface area contributed by atoms with Crippen LogP contribution in [-0.4, -0.2) is 11.8 Å². The quantitative estimate of drug-likeness (QED) is 0.437. The summed E-state index contributed by atoms with van der Waals surface area (Å²) in [5, 5.41) is 0.0883. The van der Waals surface area contributed by atoms with Gasteiger partial charge in [0.15, 0.2) is 0 Å². The second-order valence-corrected chi connectivity index (χ2v) is 15.4. The van der Waals surface area contributed by atoms with Crippen molar-refractivity contribution in [2.45, 2.75) is 12.8 Å². The summed E-state index contributed by atoms with van der Waals surface area (Å²) in [6, 6.07) is 31.0. The molecule has 4 heteroatoms. The van der Waals surface area contributed by atoms with Gasteiger partial charge < -0.3 is 0 Å². The first-order valence-electron chi connectivity index (χ1n) is 8.85. The number of carbonyl (C=O) groups excluding carboxylic acids is 1. The van der Waals surface area contributed by atoms with Gasteiger partial charge in [0.1, 0.15) is 0 Å². The van der Waals surface area contributed by atoms with Gasteiger partial charge in [0.25, 0.3) is 0 Å². The van der Waals surface area contributed by atoms with Crippen LogP contribution in [0.2, 0.25) is 0 Å². The van der Waals surface area contributed by atoms with Gasteiger partial charge in [0.05, 0.1) is 0 Å². The molecule has 3 aromatic carbocycles. The van der Waals surface area contributed by atoms with E-state index in [2.05, 4.69) is 51.9 Å². The van der Waals surface area contributed by atoms with Gasteiger partial charge in [0.2, 0.25) is 0 Å². The molecule has 1 atom stereocenters. The fraction of sp³-hybridized carbons (Fsp3) is 0.0870. The van der Waals surface area contributed by atoms with Crippen molar-refractivity contribution in [1.82, 2.24) is 0 Å². The number of carbonyl (C=O) groups is 1. The van der Waals surface area contributed by atoms with Gasteiger partial charge in [-0.25, -0.2) is 0 Å². The molecule has 1 aliphatic rings. The van der Waals surface area contributed by atoms with E-state index in [9.17, 15) is 4.79 Å². The fourth-order valence-electron chi connectivity index (χ4n) is 3.80. The minimum absolute atomic E-state index is 0.253. The molecule has 136 valence electrons. The SMILES string of the molecule is CC1=CC(P(Br)(c2ccccc2)(c2ccccc2)c2ccccc2)OC1=O. The second-order valence-electron chi connectivity index (χ2n) is 6.73. The number of benzene rings is 3. The van der Waals surface area contributed by atoms with Crippen LogP contribution in [0.25, 0.3) is 0 Å². The summed E-state index contributed by atoms with van der Waals surface area (Å²) in [4.78, 5) is 12.4. The van der Waals surface area contributed by atoms with E-state index in [1.165, 1.54) is 0 Å². The van der Waals surface area contributed by atoms with Crippen LogP contribution < -0.4 is 15.9 Å². The molecule has 0 saturated heterocycles. The van der Waals surface area contributed by atoms with Crippen LogP contribution in [0.5, 0.6) is 0 Å². The van der Waals surface area contributed by atoms with Crippen LogP contribution in [-0.2, 0) is 9.53 Å². The molecule has 0 aliphatic carbocycles. The Labute approximate surface area is 167 Å². The molecular weight excluding hydrogens is 419 g/mol. The van der Waals surface area contributed by atoms with E-state index < -0.39 is 11.2 Å². The third-order valence-electron chi connectivity index (χ3n) is 5.20. The van der Waals surface area contributed by atoms with Gasteiger partial charge in [-0.05, 0) is 0 Å². The van der Waals surface area contributed by atoms with Crippen molar-refractivity contribution in [2.75, 3.05) is 0 Å². The van der Waals surface area contributed by atoms with Gasteiger partial charge in [-0.1, -0.05) is 0 Å². The Balaban J connectivity index is 2.16. The first-order chi connectivity index (χ1) is 13.1. The van der Waals surface area contributed by atoms with Crippen molar-refractivity contribution in [1.29, 1.82) is 0 Å². The molecule has 4 rings (SSSR count). The second kappa shape index (κ2) is 6.74. The Morgan fingerprint density at radius 1 is 0.741 bits per heavy atom. The first-order valence-corrected chi connectivity index (χ1v) is 13.2. The maximum atomic E-state index is 12.4. The maximum absolute atomic E-state index is 12.4. The molecule has 27 heavy (non-hydrogen) atoms. The van der Waals surface area contributed by atoms with Crippen LogP contribution >= 0.6 is 20.8 Å². The monoisotopic (exact) mass is 438 g/mol. The van der Waals surface area contributed by atoms with Gasteiger partial charge in [-0.3, -0.25) is 0 Å². The molecular formula is C23H20BrO2P. The van der Waals surface area contributed by atoms with Gasteiger partial charge in [-0.2, -0.15) is 0 Å². The van der Waals surface area contributed by atoms with Gasteiger partial charge in [-0.15, -0.1) is 0 Å². The molecule has 2 nitrogen and oxygen atoms in total. The van der Waals surface area contributed by atoms with Crippen molar-refractivity contribution in [2.24, 2.45) is 0 Å². The van der Waals surface area contributed by atoms with E-state index >= 15 is 0 Å². The normalized spacial score (nSPS) is 18.3. The predicted molar refractivity (Wildman–Crippen MR) is 118 cm³/mol. The van der Waals surface area contributed by atoms with Crippen molar-refractivity contribution in [3.8, 4) is 0 Å². The van der Waals surface area contributed by atoms with Crippen molar-refractivity contribution >= 4 is 42.7 Å². The standard InChI is InChI=1S/C23H20BrO2P/c1-18-17-22(26-23(18)25)27(24,19-11-5-2-6-12-19,20-13-7-3-8-14-20)21-15-9-4-10-16-21/h2-17,22H,1H3. The van der Waals surface area contributed by atoms with Gasteiger partial charge in [0, 0.05) is 0 Å². The van der Waals surface area contributed by atoms with Gasteiger partial charge >= 0.3 is 168 Å². The van der Waals surface area contributed by atoms with Crippen molar-refractivity contribution in [3.63, 3.8) is 0 Å². The van der Waals surface area contributed by atoms with E-state index in [4.69, 9.17) is 4.74 Å². The Hall–Kier alpha value is -2.22. The van der Waals surface area contributed by atoms with E-state index in [-0.39, 0.29) is 5.97 Å². The summed E-state index contributed by atoms with van der Waals surface area (Å²) in [5.41, 5.74) is 0.649. The van der Waals surface area contributed by atoms with Crippen molar-refractivity contribution in [3.05, 3.63) is 103 Å². The zero-order chi connectivity index (χ0) is 18.9. The summed E-state index contributed by atoms with van der Waals surface area (Å²) >= 11 is 4.31. The third-order valence-corrected chi connectivity index (χ3v) is 15.2. The number of rotatable bonds is 4. The molecule has 0 spiro atoms. The molecule has 0 bridgehead atoms. The molecule has 0 amide bonds. The molecule has 0 saturated carbocycles. The van der Waals surface area contributed by atoms with E-state index in [1.54, 1.807) is 0 Å². The molecule has 1 heterocycles. The molecule has 3 aromatic rings. The Bertz CT molecular complexity index is 901. The Kier molecular flexibility index (Phi) is 4.53. The number of halogens is 1. The zero-order valence-electron chi connectivity index (χ0n) is 15.0. The van der Waals surface area contributed by atoms with Crippen LogP contribution in [0, 0.1) is 0 Å². The van der Waals surface area contributed by atoms with E-state index in [0.29, 0.717) is 5.57 Å². The van der Waals surface area contributed by atoms with E-state index in [1.807, 2.05) is 67.6 Å².